The van der Waals surface area contributed by atoms with Crippen LogP contribution in [0.15, 0.2) is 18.2 Å². The Morgan fingerprint density at radius 2 is 2.10 bits per heavy atom. The molecular weight excluding hydrogens is 290 g/mol. The molecule has 0 radical (unpaired) electrons. The number of rotatable bonds is 4. The molecule has 0 amide bonds. The highest BCUT2D eigenvalue weighted by atomic mass is 32.2. The maximum absolute atomic E-state index is 11.4. The van der Waals surface area contributed by atoms with E-state index >= 15 is 0 Å². The average Bonchev–Trinajstić information content (AvgIpc) is 2.61. The quantitative estimate of drug-likeness (QED) is 0.621. The van der Waals surface area contributed by atoms with Crippen LogP contribution in [0.1, 0.15) is 0 Å². The van der Waals surface area contributed by atoms with Gasteiger partial charge < -0.3 is 14.6 Å². The van der Waals surface area contributed by atoms with Crippen LogP contribution in [0.2, 0.25) is 0 Å². The molecule has 1 aromatic carbocycles. The van der Waals surface area contributed by atoms with E-state index in [1.807, 2.05) is 0 Å². The molecule has 1 aliphatic heterocycles. The zero-order valence-electron chi connectivity index (χ0n) is 10.6. The van der Waals surface area contributed by atoms with Crippen LogP contribution in [-0.2, 0) is 9.84 Å². The van der Waals surface area contributed by atoms with Gasteiger partial charge in [0, 0.05) is 12.1 Å². The van der Waals surface area contributed by atoms with Gasteiger partial charge in [-0.1, -0.05) is 0 Å². The molecule has 1 fully saturated rings. The van der Waals surface area contributed by atoms with E-state index in [1.165, 1.54) is 25.3 Å². The standard InChI is InChI=1S/C11H13NO7S/c1-18-7-2-3-8(12(14)15)10(4-7)19-11-6-20(16,17)5-9(11)13/h2-4,9,11,13H,5-6H2,1H3. The molecule has 9 heteroatoms. The molecule has 2 atom stereocenters. The van der Waals surface area contributed by atoms with Crippen molar-refractivity contribution in [1.29, 1.82) is 0 Å². The van der Waals surface area contributed by atoms with Crippen molar-refractivity contribution in [3.05, 3.63) is 28.3 Å². The number of ether oxygens (including phenoxy) is 2. The van der Waals surface area contributed by atoms with Gasteiger partial charge in [0.2, 0.25) is 5.75 Å². The summed E-state index contributed by atoms with van der Waals surface area (Å²) in [4.78, 5) is 10.3. The summed E-state index contributed by atoms with van der Waals surface area (Å²) < 4.78 is 33.0. The van der Waals surface area contributed by atoms with Crippen molar-refractivity contribution >= 4 is 15.5 Å². The number of nitro groups is 1. The highest BCUT2D eigenvalue weighted by Gasteiger charge is 2.39. The Morgan fingerprint density at radius 3 is 2.60 bits per heavy atom. The third-order valence-electron chi connectivity index (χ3n) is 2.91. The van der Waals surface area contributed by atoms with E-state index in [1.54, 1.807) is 0 Å². The normalized spacial score (nSPS) is 24.3. The van der Waals surface area contributed by atoms with Crippen LogP contribution in [0.4, 0.5) is 5.69 Å². The average molecular weight is 303 g/mol. The summed E-state index contributed by atoms with van der Waals surface area (Å²) in [7, 11) is -2.00. The number of sulfone groups is 1. The molecule has 1 heterocycles. The fourth-order valence-corrected chi connectivity index (χ4v) is 3.60. The Morgan fingerprint density at radius 1 is 1.40 bits per heavy atom. The molecule has 2 rings (SSSR count). The molecule has 0 bridgehead atoms. The van der Waals surface area contributed by atoms with E-state index in [9.17, 15) is 23.6 Å². The van der Waals surface area contributed by atoms with Crippen LogP contribution in [-0.4, -0.2) is 49.3 Å². The van der Waals surface area contributed by atoms with Gasteiger partial charge in [0.1, 0.15) is 18.0 Å². The van der Waals surface area contributed by atoms with Gasteiger partial charge in [-0.2, -0.15) is 0 Å². The topological polar surface area (TPSA) is 116 Å². The highest BCUT2D eigenvalue weighted by molar-refractivity contribution is 7.91. The molecule has 20 heavy (non-hydrogen) atoms. The van der Waals surface area contributed by atoms with E-state index in [0.717, 1.165) is 0 Å². The lowest BCUT2D eigenvalue weighted by molar-refractivity contribution is -0.386. The Balaban J connectivity index is 2.30. The van der Waals surface area contributed by atoms with E-state index in [2.05, 4.69) is 0 Å². The monoisotopic (exact) mass is 303 g/mol. The molecule has 1 saturated heterocycles. The first kappa shape index (κ1) is 14.5. The van der Waals surface area contributed by atoms with Crippen molar-refractivity contribution in [2.75, 3.05) is 18.6 Å². The maximum atomic E-state index is 11.4. The molecule has 0 saturated carbocycles. The SMILES string of the molecule is COc1ccc([N+](=O)[O-])c(OC2CS(=O)(=O)CC2O)c1. The molecule has 1 N–H and O–H groups in total. The van der Waals surface area contributed by atoms with Gasteiger partial charge in [0.25, 0.3) is 0 Å². The van der Waals surface area contributed by atoms with Crippen LogP contribution < -0.4 is 9.47 Å². The number of hydrogen-bond donors (Lipinski definition) is 1. The van der Waals surface area contributed by atoms with Crippen molar-refractivity contribution in [3.63, 3.8) is 0 Å². The molecule has 1 aliphatic rings. The number of aliphatic hydroxyl groups excluding tert-OH is 1. The molecule has 110 valence electrons. The molecule has 8 nitrogen and oxygen atoms in total. The van der Waals surface area contributed by atoms with Gasteiger partial charge >= 0.3 is 5.69 Å². The first-order chi connectivity index (χ1) is 9.32. The van der Waals surface area contributed by atoms with Crippen molar-refractivity contribution in [2.45, 2.75) is 12.2 Å². The Kier molecular flexibility index (Phi) is 3.82. The van der Waals surface area contributed by atoms with Gasteiger partial charge in [-0.3, -0.25) is 10.1 Å². The smallest absolute Gasteiger partial charge is 0.311 e. The predicted octanol–water partition coefficient (Wildman–Crippen LogP) is 0.140. The summed E-state index contributed by atoms with van der Waals surface area (Å²) in [5.74, 6) is -0.575. The lowest BCUT2D eigenvalue weighted by Crippen LogP contribution is -2.30. The second-order valence-corrected chi connectivity index (χ2v) is 6.55. The van der Waals surface area contributed by atoms with Gasteiger partial charge in [0.15, 0.2) is 9.84 Å². The van der Waals surface area contributed by atoms with Crippen LogP contribution >= 0.6 is 0 Å². The van der Waals surface area contributed by atoms with Gasteiger partial charge in [-0.25, -0.2) is 8.42 Å². The fourth-order valence-electron chi connectivity index (χ4n) is 1.94. The fraction of sp³-hybridized carbons (Fsp3) is 0.455. The summed E-state index contributed by atoms with van der Waals surface area (Å²) in [5, 5.41) is 20.5. The second-order valence-electron chi connectivity index (χ2n) is 4.39. The molecular formula is C11H13NO7S. The lowest BCUT2D eigenvalue weighted by Gasteiger charge is -2.16. The van der Waals surface area contributed by atoms with Crippen molar-refractivity contribution in [3.8, 4) is 11.5 Å². The summed E-state index contributed by atoms with van der Waals surface area (Å²) >= 11 is 0. The number of methoxy groups -OCH3 is 1. The minimum atomic E-state index is -3.39. The van der Waals surface area contributed by atoms with Crippen LogP contribution in [0.5, 0.6) is 11.5 Å². The molecule has 1 aromatic rings. The van der Waals surface area contributed by atoms with E-state index in [-0.39, 0.29) is 17.2 Å². The van der Waals surface area contributed by atoms with Gasteiger partial charge in [-0.15, -0.1) is 0 Å². The molecule has 0 spiro atoms. The molecule has 2 unspecified atom stereocenters. The Labute approximate surface area is 115 Å². The van der Waals surface area contributed by atoms with Crippen LogP contribution in [0.25, 0.3) is 0 Å². The van der Waals surface area contributed by atoms with Crippen molar-refractivity contribution < 1.29 is 27.9 Å². The number of nitrogens with zero attached hydrogens (tertiary/aromatic N) is 1. The summed E-state index contributed by atoms with van der Waals surface area (Å²) in [6.07, 6.45) is -2.23. The number of nitro benzene ring substituents is 1. The van der Waals surface area contributed by atoms with Gasteiger partial charge in [0.05, 0.1) is 23.5 Å². The lowest BCUT2D eigenvalue weighted by atomic mass is 10.2. The third kappa shape index (κ3) is 2.99. The van der Waals surface area contributed by atoms with Gasteiger partial charge in [-0.05, 0) is 6.07 Å². The summed E-state index contributed by atoms with van der Waals surface area (Å²) in [6, 6.07) is 3.88. The summed E-state index contributed by atoms with van der Waals surface area (Å²) in [6.45, 7) is 0. The largest absolute Gasteiger partial charge is 0.497 e. The Hall–Kier alpha value is -1.87. The van der Waals surface area contributed by atoms with E-state index in [4.69, 9.17) is 9.47 Å². The Bertz CT molecular complexity index is 628. The van der Waals surface area contributed by atoms with Crippen molar-refractivity contribution in [2.24, 2.45) is 0 Å². The zero-order valence-corrected chi connectivity index (χ0v) is 11.4. The minimum absolute atomic E-state index is 0.129. The molecule has 0 aliphatic carbocycles. The van der Waals surface area contributed by atoms with Crippen LogP contribution in [0.3, 0.4) is 0 Å². The minimum Gasteiger partial charge on any atom is -0.497 e. The number of benzene rings is 1. The summed E-state index contributed by atoms with van der Waals surface area (Å²) in [5.41, 5.74) is -0.317. The van der Waals surface area contributed by atoms with Crippen LogP contribution in [0, 0.1) is 10.1 Å². The van der Waals surface area contributed by atoms with Crippen molar-refractivity contribution in [1.82, 2.24) is 0 Å². The highest BCUT2D eigenvalue weighted by Crippen LogP contribution is 2.33. The van der Waals surface area contributed by atoms with E-state index in [0.29, 0.717) is 5.75 Å². The number of hydrogen-bond acceptors (Lipinski definition) is 7. The maximum Gasteiger partial charge on any atom is 0.311 e. The first-order valence-corrected chi connectivity index (χ1v) is 7.52. The first-order valence-electron chi connectivity index (χ1n) is 5.70. The third-order valence-corrected chi connectivity index (χ3v) is 4.60. The number of aliphatic hydroxyl groups is 1. The predicted molar refractivity (Wildman–Crippen MR) is 68.7 cm³/mol. The van der Waals surface area contributed by atoms with E-state index < -0.39 is 32.7 Å². The molecule has 0 aromatic heterocycles. The zero-order chi connectivity index (χ0) is 14.9. The second kappa shape index (κ2) is 5.25.